The highest BCUT2D eigenvalue weighted by atomic mass is 14.8. The third-order valence-corrected chi connectivity index (χ3v) is 4.83. The molecule has 0 radical (unpaired) electrons. The topological polar surface area (TPSA) is 37.6 Å². The molecule has 3 heterocycles. The molecule has 2 aromatic carbocycles. The number of hydrogen-bond donors (Lipinski definition) is 0. The molecule has 120 valence electrons. The quantitative estimate of drug-likeness (QED) is 0.671. The molecule has 2 aliphatic rings. The summed E-state index contributed by atoms with van der Waals surface area (Å²) < 4.78 is 0. The molecular weight excluding hydrogens is 306 g/mol. The van der Waals surface area contributed by atoms with E-state index in [-0.39, 0.29) is 0 Å². The smallest absolute Gasteiger partial charge is 0.0848 e. The molecule has 25 heavy (non-hydrogen) atoms. The van der Waals surface area contributed by atoms with Gasteiger partial charge in [-0.25, -0.2) is 0 Å². The van der Waals surface area contributed by atoms with Gasteiger partial charge in [0.1, 0.15) is 0 Å². The molecular formula is C22H17N3. The minimum absolute atomic E-state index is 0.833. The van der Waals surface area contributed by atoms with E-state index in [9.17, 15) is 0 Å². The van der Waals surface area contributed by atoms with E-state index in [1.165, 1.54) is 22.3 Å². The van der Waals surface area contributed by atoms with Crippen molar-refractivity contribution in [3.05, 3.63) is 88.7 Å². The van der Waals surface area contributed by atoms with Gasteiger partial charge >= 0.3 is 0 Å². The molecule has 3 nitrogen and oxygen atoms in total. The fourth-order valence-corrected chi connectivity index (χ4v) is 3.56. The number of benzene rings is 2. The molecule has 0 saturated carbocycles. The molecule has 0 atom stereocenters. The van der Waals surface area contributed by atoms with Crippen molar-refractivity contribution < 1.29 is 0 Å². The van der Waals surface area contributed by atoms with Crippen molar-refractivity contribution in [2.24, 2.45) is 9.98 Å². The molecule has 3 aromatic rings. The van der Waals surface area contributed by atoms with Gasteiger partial charge in [0, 0.05) is 19.0 Å². The Morgan fingerprint density at radius 1 is 0.760 bits per heavy atom. The predicted molar refractivity (Wildman–Crippen MR) is 102 cm³/mol. The number of nitrogens with zero attached hydrogens (tertiary/aromatic N) is 3. The Hall–Kier alpha value is -3.07. The maximum Gasteiger partial charge on any atom is 0.0848 e. The van der Waals surface area contributed by atoms with Gasteiger partial charge < -0.3 is 0 Å². The summed E-state index contributed by atoms with van der Waals surface area (Å²) in [6.07, 6.45) is 3.56. The zero-order valence-electron chi connectivity index (χ0n) is 14.0. The van der Waals surface area contributed by atoms with Gasteiger partial charge in [-0.1, -0.05) is 29.8 Å². The molecule has 2 aliphatic heterocycles. The molecule has 0 saturated heterocycles. The number of aromatic nitrogens is 1. The second-order valence-corrected chi connectivity index (χ2v) is 6.66. The lowest BCUT2D eigenvalue weighted by Gasteiger charge is -2.04. The highest BCUT2D eigenvalue weighted by molar-refractivity contribution is 6.09. The van der Waals surface area contributed by atoms with Crippen LogP contribution in [0.3, 0.4) is 0 Å². The van der Waals surface area contributed by atoms with Crippen molar-refractivity contribution in [2.45, 2.75) is 19.8 Å². The molecule has 0 fully saturated rings. The Morgan fingerprint density at radius 2 is 1.52 bits per heavy atom. The van der Waals surface area contributed by atoms with Gasteiger partial charge in [0.2, 0.25) is 0 Å². The van der Waals surface area contributed by atoms with Crippen molar-refractivity contribution in [3.63, 3.8) is 0 Å². The van der Waals surface area contributed by atoms with Crippen LogP contribution in [0, 0.1) is 6.92 Å². The molecule has 0 aliphatic carbocycles. The Labute approximate surface area is 146 Å². The van der Waals surface area contributed by atoms with Gasteiger partial charge in [-0.05, 0) is 53.9 Å². The van der Waals surface area contributed by atoms with E-state index in [1.54, 1.807) is 0 Å². The fraction of sp³-hybridized carbons (Fsp3) is 0.136. The number of pyridine rings is 1. The van der Waals surface area contributed by atoms with Gasteiger partial charge in [-0.3, -0.25) is 15.0 Å². The standard InChI is InChI=1S/C22H17N3/c1-14-5-7-18-16(10-14)12-21(24-18)15-6-8-19-17(11-15)13-22(25-19)20-4-2-3-9-23-20/h2-11H,12-13H2,1H3. The lowest BCUT2D eigenvalue weighted by atomic mass is 9.99. The normalized spacial score (nSPS) is 14.8. The highest BCUT2D eigenvalue weighted by Crippen LogP contribution is 2.33. The highest BCUT2D eigenvalue weighted by Gasteiger charge is 2.20. The molecule has 0 unspecified atom stereocenters. The van der Waals surface area contributed by atoms with Crippen LogP contribution in [0.1, 0.15) is 27.9 Å². The lowest BCUT2D eigenvalue weighted by Crippen LogP contribution is -2.04. The van der Waals surface area contributed by atoms with E-state index >= 15 is 0 Å². The molecule has 1 aromatic heterocycles. The summed E-state index contributed by atoms with van der Waals surface area (Å²) in [6.45, 7) is 2.13. The summed E-state index contributed by atoms with van der Waals surface area (Å²) in [5, 5.41) is 0. The molecule has 0 N–H and O–H groups in total. The first-order valence-electron chi connectivity index (χ1n) is 8.56. The molecule has 0 amide bonds. The van der Waals surface area contributed by atoms with E-state index in [4.69, 9.17) is 9.98 Å². The second kappa shape index (κ2) is 5.49. The molecule has 0 bridgehead atoms. The minimum atomic E-state index is 0.833. The summed E-state index contributed by atoms with van der Waals surface area (Å²) in [5.41, 5.74) is 10.4. The summed E-state index contributed by atoms with van der Waals surface area (Å²) in [6, 6.07) is 18.9. The maximum absolute atomic E-state index is 4.83. The second-order valence-electron chi connectivity index (χ2n) is 6.66. The van der Waals surface area contributed by atoms with Gasteiger partial charge in [0.25, 0.3) is 0 Å². The first-order chi connectivity index (χ1) is 12.3. The number of aliphatic imine (C=N–C) groups is 2. The van der Waals surface area contributed by atoms with Crippen LogP contribution in [-0.2, 0) is 12.8 Å². The van der Waals surface area contributed by atoms with Gasteiger partial charge in [-0.15, -0.1) is 0 Å². The SMILES string of the molecule is Cc1ccc2c(c1)CC(c1ccc3c(c1)CC(c1ccccn1)=N3)=N2. The van der Waals surface area contributed by atoms with E-state index < -0.39 is 0 Å². The van der Waals surface area contributed by atoms with Crippen LogP contribution in [0.25, 0.3) is 0 Å². The molecule has 3 heteroatoms. The van der Waals surface area contributed by atoms with Crippen molar-refractivity contribution in [2.75, 3.05) is 0 Å². The van der Waals surface area contributed by atoms with E-state index in [2.05, 4.69) is 48.3 Å². The largest absolute Gasteiger partial charge is 0.255 e. The Bertz CT molecular complexity index is 1050. The Balaban J connectivity index is 1.44. The fourth-order valence-electron chi connectivity index (χ4n) is 3.56. The van der Waals surface area contributed by atoms with Crippen LogP contribution >= 0.6 is 0 Å². The molecule has 0 spiro atoms. The van der Waals surface area contributed by atoms with Crippen molar-refractivity contribution in [1.82, 2.24) is 4.98 Å². The molecule has 5 rings (SSSR count). The Morgan fingerprint density at radius 3 is 2.36 bits per heavy atom. The van der Waals surface area contributed by atoms with Crippen molar-refractivity contribution in [1.29, 1.82) is 0 Å². The number of rotatable bonds is 2. The predicted octanol–water partition coefficient (Wildman–Crippen LogP) is 4.74. The monoisotopic (exact) mass is 323 g/mol. The van der Waals surface area contributed by atoms with Crippen LogP contribution in [-0.4, -0.2) is 16.4 Å². The first-order valence-corrected chi connectivity index (χ1v) is 8.56. The third kappa shape index (κ3) is 2.49. The van der Waals surface area contributed by atoms with Crippen LogP contribution in [0.15, 0.2) is 70.8 Å². The summed E-state index contributed by atoms with van der Waals surface area (Å²) in [5.74, 6) is 0. The number of aryl methyl sites for hydroxylation is 1. The maximum atomic E-state index is 4.83. The zero-order valence-corrected chi connectivity index (χ0v) is 14.0. The average Bonchev–Trinajstić information content (AvgIpc) is 3.25. The third-order valence-electron chi connectivity index (χ3n) is 4.83. The van der Waals surface area contributed by atoms with Crippen LogP contribution in [0.5, 0.6) is 0 Å². The Kier molecular flexibility index (Phi) is 3.14. The zero-order chi connectivity index (χ0) is 16.8. The number of fused-ring (bicyclic) bond motifs is 2. The van der Waals surface area contributed by atoms with Crippen molar-refractivity contribution in [3.8, 4) is 0 Å². The van der Waals surface area contributed by atoms with Crippen LogP contribution < -0.4 is 0 Å². The van der Waals surface area contributed by atoms with E-state index in [0.29, 0.717) is 0 Å². The minimum Gasteiger partial charge on any atom is -0.255 e. The van der Waals surface area contributed by atoms with Gasteiger partial charge in [-0.2, -0.15) is 0 Å². The van der Waals surface area contributed by atoms with Crippen LogP contribution in [0.2, 0.25) is 0 Å². The average molecular weight is 323 g/mol. The van der Waals surface area contributed by atoms with Gasteiger partial charge in [0.05, 0.1) is 28.5 Å². The van der Waals surface area contributed by atoms with E-state index in [1.807, 2.05) is 24.4 Å². The van der Waals surface area contributed by atoms with Gasteiger partial charge in [0.15, 0.2) is 0 Å². The number of hydrogen-bond acceptors (Lipinski definition) is 3. The van der Waals surface area contributed by atoms with E-state index in [0.717, 1.165) is 41.3 Å². The summed E-state index contributed by atoms with van der Waals surface area (Å²) in [7, 11) is 0. The summed E-state index contributed by atoms with van der Waals surface area (Å²) >= 11 is 0. The first kappa shape index (κ1) is 14.3. The van der Waals surface area contributed by atoms with Crippen molar-refractivity contribution >= 4 is 22.8 Å². The van der Waals surface area contributed by atoms with Crippen LogP contribution in [0.4, 0.5) is 11.4 Å². The summed E-state index contributed by atoms with van der Waals surface area (Å²) in [4.78, 5) is 14.0. The lowest BCUT2D eigenvalue weighted by molar-refractivity contribution is 1.26.